The highest BCUT2D eigenvalue weighted by Gasteiger charge is 2.07. The van der Waals surface area contributed by atoms with Gasteiger partial charge in [0.25, 0.3) is 0 Å². The molecule has 2 N–H and O–H groups in total. The third kappa shape index (κ3) is 1.68. The molecule has 2 aromatic heterocycles. The van der Waals surface area contributed by atoms with E-state index in [1.165, 1.54) is 0 Å². The first kappa shape index (κ1) is 9.99. The number of fused-ring (bicyclic) bond motifs is 1. The van der Waals surface area contributed by atoms with E-state index in [1.54, 1.807) is 0 Å². The van der Waals surface area contributed by atoms with Gasteiger partial charge in [-0.15, -0.1) is 10.2 Å². The van der Waals surface area contributed by atoms with Crippen molar-refractivity contribution < 1.29 is 0 Å². The van der Waals surface area contributed by atoms with E-state index in [0.29, 0.717) is 6.54 Å². The summed E-state index contributed by atoms with van der Waals surface area (Å²) in [5, 5.41) is 8.37. The van der Waals surface area contributed by atoms with E-state index >= 15 is 0 Å². The molecule has 84 valence electrons. The molecule has 0 spiro atoms. The summed E-state index contributed by atoms with van der Waals surface area (Å²) in [6, 6.07) is 14.0. The summed E-state index contributed by atoms with van der Waals surface area (Å²) in [5.41, 5.74) is 8.54. The van der Waals surface area contributed by atoms with Crippen molar-refractivity contribution in [2.45, 2.75) is 6.54 Å². The summed E-state index contributed by atoms with van der Waals surface area (Å²) in [7, 11) is 0. The predicted octanol–water partition coefficient (Wildman–Crippen LogP) is 1.85. The number of hydrogen-bond donors (Lipinski definition) is 1. The van der Waals surface area contributed by atoms with Crippen LogP contribution in [0.15, 0.2) is 48.7 Å². The van der Waals surface area contributed by atoms with Crippen molar-refractivity contribution in [2.75, 3.05) is 0 Å². The van der Waals surface area contributed by atoms with Gasteiger partial charge < -0.3 is 5.73 Å². The second kappa shape index (κ2) is 3.99. The van der Waals surface area contributed by atoms with E-state index in [1.807, 2.05) is 53.1 Å². The minimum absolute atomic E-state index is 0.518. The Bertz CT molecular complexity index is 643. The topological polar surface area (TPSA) is 56.2 Å². The summed E-state index contributed by atoms with van der Waals surface area (Å²) in [5.74, 6) is 0.851. The lowest BCUT2D eigenvalue weighted by Gasteiger charge is -2.01. The molecule has 17 heavy (non-hydrogen) atoms. The first-order chi connectivity index (χ1) is 8.38. The lowest BCUT2D eigenvalue weighted by atomic mass is 10.2. The van der Waals surface area contributed by atoms with E-state index in [0.717, 1.165) is 22.6 Å². The molecule has 0 aliphatic heterocycles. The van der Waals surface area contributed by atoms with Crippen molar-refractivity contribution in [1.29, 1.82) is 0 Å². The van der Waals surface area contributed by atoms with Crippen LogP contribution < -0.4 is 5.73 Å². The highest BCUT2D eigenvalue weighted by molar-refractivity contribution is 5.59. The second-order valence-corrected chi connectivity index (χ2v) is 3.86. The lowest BCUT2D eigenvalue weighted by Crippen LogP contribution is -1.97. The number of rotatable bonds is 2. The normalized spacial score (nSPS) is 10.9. The molecule has 0 amide bonds. The molecular formula is C13H12N4. The fraction of sp³-hybridized carbons (Fsp3) is 0.0769. The highest BCUT2D eigenvalue weighted by atomic mass is 15.2. The quantitative estimate of drug-likeness (QED) is 0.722. The zero-order valence-corrected chi connectivity index (χ0v) is 9.24. The lowest BCUT2D eigenvalue weighted by molar-refractivity contribution is 1.05. The van der Waals surface area contributed by atoms with Crippen molar-refractivity contribution in [1.82, 2.24) is 14.6 Å². The van der Waals surface area contributed by atoms with Crippen LogP contribution in [-0.2, 0) is 6.54 Å². The summed E-state index contributed by atoms with van der Waals surface area (Å²) in [4.78, 5) is 0. The summed E-state index contributed by atoms with van der Waals surface area (Å²) >= 11 is 0. The maximum atomic E-state index is 5.60. The summed E-state index contributed by atoms with van der Waals surface area (Å²) in [6.07, 6.45) is 1.96. The zero-order valence-electron chi connectivity index (χ0n) is 9.24. The minimum atomic E-state index is 0.518. The zero-order chi connectivity index (χ0) is 11.7. The Morgan fingerprint density at radius 3 is 2.65 bits per heavy atom. The van der Waals surface area contributed by atoms with Gasteiger partial charge in [0, 0.05) is 18.3 Å². The molecule has 0 fully saturated rings. The van der Waals surface area contributed by atoms with E-state index in [-0.39, 0.29) is 0 Å². The van der Waals surface area contributed by atoms with Crippen LogP contribution >= 0.6 is 0 Å². The van der Waals surface area contributed by atoms with Crippen LogP contribution in [0.5, 0.6) is 0 Å². The van der Waals surface area contributed by atoms with E-state index < -0.39 is 0 Å². The van der Waals surface area contributed by atoms with E-state index in [2.05, 4.69) is 10.2 Å². The molecular weight excluding hydrogens is 212 g/mol. The molecule has 0 aliphatic carbocycles. The van der Waals surface area contributed by atoms with Crippen LogP contribution in [0.25, 0.3) is 17.0 Å². The molecule has 0 saturated carbocycles. The predicted molar refractivity (Wildman–Crippen MR) is 66.3 cm³/mol. The molecule has 0 aliphatic rings. The molecule has 1 aromatic carbocycles. The fourth-order valence-corrected chi connectivity index (χ4v) is 1.84. The third-order valence-electron chi connectivity index (χ3n) is 2.74. The Hall–Kier alpha value is -2.20. The van der Waals surface area contributed by atoms with Crippen molar-refractivity contribution in [3.8, 4) is 11.4 Å². The third-order valence-corrected chi connectivity index (χ3v) is 2.74. The summed E-state index contributed by atoms with van der Waals surface area (Å²) in [6.45, 7) is 0.518. The average Bonchev–Trinajstić information content (AvgIpc) is 2.82. The number of hydrogen-bond acceptors (Lipinski definition) is 3. The van der Waals surface area contributed by atoms with Gasteiger partial charge in [0.1, 0.15) is 0 Å². The first-order valence-corrected chi connectivity index (χ1v) is 5.47. The van der Waals surface area contributed by atoms with Gasteiger partial charge >= 0.3 is 0 Å². The molecule has 4 heteroatoms. The monoisotopic (exact) mass is 224 g/mol. The van der Waals surface area contributed by atoms with Crippen LogP contribution in [0.1, 0.15) is 5.56 Å². The maximum Gasteiger partial charge on any atom is 0.168 e. The molecule has 4 nitrogen and oxygen atoms in total. The molecule has 0 unspecified atom stereocenters. The van der Waals surface area contributed by atoms with Gasteiger partial charge in [-0.25, -0.2) is 0 Å². The highest BCUT2D eigenvalue weighted by Crippen LogP contribution is 2.18. The Kier molecular flexibility index (Phi) is 2.34. The smallest absolute Gasteiger partial charge is 0.168 e. The van der Waals surface area contributed by atoms with Crippen molar-refractivity contribution in [3.63, 3.8) is 0 Å². The van der Waals surface area contributed by atoms with E-state index in [4.69, 9.17) is 5.73 Å². The van der Waals surface area contributed by atoms with Crippen LogP contribution in [0.2, 0.25) is 0 Å². The van der Waals surface area contributed by atoms with Gasteiger partial charge in [0.05, 0.1) is 0 Å². The Morgan fingerprint density at radius 1 is 1.06 bits per heavy atom. The molecule has 0 saturated heterocycles. The van der Waals surface area contributed by atoms with Crippen molar-refractivity contribution >= 4 is 5.65 Å². The first-order valence-electron chi connectivity index (χ1n) is 5.47. The van der Waals surface area contributed by atoms with Crippen LogP contribution in [-0.4, -0.2) is 14.6 Å². The number of aromatic nitrogens is 3. The summed E-state index contributed by atoms with van der Waals surface area (Å²) < 4.78 is 1.97. The molecule has 2 heterocycles. The van der Waals surface area contributed by atoms with Crippen molar-refractivity contribution in [3.05, 3.63) is 54.2 Å². The van der Waals surface area contributed by atoms with Crippen LogP contribution in [0, 0.1) is 0 Å². The number of nitrogens with zero attached hydrogens (tertiary/aromatic N) is 3. The second-order valence-electron chi connectivity index (χ2n) is 3.86. The van der Waals surface area contributed by atoms with Gasteiger partial charge in [-0.05, 0) is 17.7 Å². The van der Waals surface area contributed by atoms with Crippen LogP contribution in [0.3, 0.4) is 0 Å². The Morgan fingerprint density at radius 2 is 1.88 bits per heavy atom. The molecule has 3 rings (SSSR count). The largest absolute Gasteiger partial charge is 0.326 e. The minimum Gasteiger partial charge on any atom is -0.326 e. The molecule has 0 bridgehead atoms. The van der Waals surface area contributed by atoms with Gasteiger partial charge in [0.15, 0.2) is 11.5 Å². The van der Waals surface area contributed by atoms with Crippen molar-refractivity contribution in [2.24, 2.45) is 5.73 Å². The fourth-order valence-electron chi connectivity index (χ4n) is 1.84. The van der Waals surface area contributed by atoms with Gasteiger partial charge in [-0.3, -0.25) is 4.40 Å². The average molecular weight is 224 g/mol. The van der Waals surface area contributed by atoms with Gasteiger partial charge in [-0.2, -0.15) is 0 Å². The number of pyridine rings is 1. The van der Waals surface area contributed by atoms with Crippen LogP contribution in [0.4, 0.5) is 0 Å². The Labute approximate surface area is 98.7 Å². The molecule has 0 atom stereocenters. The van der Waals surface area contributed by atoms with Gasteiger partial charge in [-0.1, -0.05) is 30.3 Å². The SMILES string of the molecule is NCc1ccn2c(-c3ccccc3)nnc2c1. The van der Waals surface area contributed by atoms with E-state index in [9.17, 15) is 0 Å². The Balaban J connectivity index is 2.19. The number of nitrogens with two attached hydrogens (primary N) is 1. The maximum absolute atomic E-state index is 5.60. The standard InChI is InChI=1S/C13H12N4/c14-9-10-6-7-17-12(8-10)15-16-13(17)11-4-2-1-3-5-11/h1-8H,9,14H2. The molecule has 0 radical (unpaired) electrons. The van der Waals surface area contributed by atoms with Gasteiger partial charge in [0.2, 0.25) is 0 Å². The molecule has 3 aromatic rings. The number of benzene rings is 1.